The fraction of sp³-hybridized carbons (Fsp3) is 0.625. The van der Waals surface area contributed by atoms with E-state index in [2.05, 4.69) is 49.3 Å². The highest BCUT2D eigenvalue weighted by atomic mass is 79.9. The van der Waals surface area contributed by atoms with Gasteiger partial charge in [-0.3, -0.25) is 0 Å². The van der Waals surface area contributed by atoms with Gasteiger partial charge in [0.15, 0.2) is 12.4 Å². The lowest BCUT2D eigenvalue weighted by molar-refractivity contribution is -0.378. The van der Waals surface area contributed by atoms with E-state index in [9.17, 15) is 5.11 Å². The molecule has 0 spiro atoms. The van der Waals surface area contributed by atoms with Crippen molar-refractivity contribution in [1.82, 2.24) is 0 Å². The summed E-state index contributed by atoms with van der Waals surface area (Å²) in [6, 6.07) is 4.40. The number of H-pyrrole nitrogens is 1. The molecule has 1 unspecified atom stereocenters. The lowest BCUT2D eigenvalue weighted by atomic mass is 9.47. The quantitative estimate of drug-likeness (QED) is 0.641. The number of aliphatic hydroxyl groups excluding tert-OH is 1. The van der Waals surface area contributed by atoms with E-state index in [1.807, 2.05) is 6.20 Å². The molecule has 4 aliphatic carbocycles. The van der Waals surface area contributed by atoms with Crippen LogP contribution in [0.4, 0.5) is 0 Å². The number of aromatic amines is 1. The molecule has 4 N–H and O–H groups in total. The Morgan fingerprint density at radius 3 is 2.57 bits per heavy atom. The van der Waals surface area contributed by atoms with Crippen LogP contribution < -0.4 is 22.0 Å². The van der Waals surface area contributed by atoms with Crippen molar-refractivity contribution in [3.8, 4) is 0 Å². The van der Waals surface area contributed by atoms with Crippen LogP contribution in [0.15, 0.2) is 42.3 Å². The molecule has 0 aromatic carbocycles. The smallest absolute Gasteiger partial charge is 0.174 e. The predicted molar refractivity (Wildman–Crippen MR) is 108 cm³/mol. The number of aromatic nitrogens is 1. The summed E-state index contributed by atoms with van der Waals surface area (Å²) in [7, 11) is 0. The summed E-state index contributed by atoms with van der Waals surface area (Å²) in [5.74, 6) is 2.39. The zero-order chi connectivity index (χ0) is 17.9. The van der Waals surface area contributed by atoms with Crippen molar-refractivity contribution in [2.75, 3.05) is 0 Å². The monoisotopic (exact) mass is 447 g/mol. The van der Waals surface area contributed by atoms with E-state index in [0.717, 1.165) is 30.6 Å². The largest absolute Gasteiger partial charge is 1.00 e. The summed E-state index contributed by atoms with van der Waals surface area (Å²) in [5.41, 5.74) is 5.20. The molecule has 0 saturated heterocycles. The Labute approximate surface area is 179 Å². The summed E-state index contributed by atoms with van der Waals surface area (Å²) < 4.78 is 0. The number of halogens is 1. The van der Waals surface area contributed by atoms with Crippen molar-refractivity contribution in [2.24, 2.45) is 28.6 Å². The molecule has 1 aromatic rings. The molecule has 2 saturated carbocycles. The second-order valence-corrected chi connectivity index (χ2v) is 9.76. The molecule has 154 valence electrons. The zero-order valence-corrected chi connectivity index (χ0v) is 18.6. The van der Waals surface area contributed by atoms with Crippen molar-refractivity contribution in [3.63, 3.8) is 0 Å². The number of hydrogen-bond donors (Lipinski definition) is 1. The number of allylic oxidation sites excluding steroid dienone is 3. The van der Waals surface area contributed by atoms with Gasteiger partial charge in [0.05, 0.1) is 6.10 Å². The van der Waals surface area contributed by atoms with E-state index in [0.29, 0.717) is 10.8 Å². The fourth-order valence-electron chi connectivity index (χ4n) is 7.22. The zero-order valence-electron chi connectivity index (χ0n) is 17.0. The summed E-state index contributed by atoms with van der Waals surface area (Å²) in [6.07, 6.45) is 17.4. The maximum absolute atomic E-state index is 10.2. The molecule has 1 aromatic heterocycles. The maximum Gasteiger partial charge on any atom is 0.174 e. The first-order chi connectivity index (χ1) is 12.5. The number of hydrogen-bond acceptors (Lipinski definition) is 1. The van der Waals surface area contributed by atoms with Crippen LogP contribution >= 0.6 is 0 Å². The maximum atomic E-state index is 10.2. The highest BCUT2D eigenvalue weighted by molar-refractivity contribution is 5.72. The molecule has 0 amide bonds. The highest BCUT2D eigenvalue weighted by Crippen LogP contribution is 2.66. The number of aliphatic hydroxyl groups is 1. The number of fused-ring (bicyclic) bond motifs is 5. The van der Waals surface area contributed by atoms with Crippen LogP contribution in [0.3, 0.4) is 0 Å². The van der Waals surface area contributed by atoms with E-state index in [-0.39, 0.29) is 28.6 Å². The fourth-order valence-corrected chi connectivity index (χ4v) is 7.22. The minimum Gasteiger partial charge on any atom is -1.00 e. The second-order valence-electron chi connectivity index (χ2n) is 9.76. The summed E-state index contributed by atoms with van der Waals surface area (Å²) in [4.78, 5) is 3.28. The average molecular weight is 448 g/mol. The Bertz CT molecular complexity index is 776. The Hall–Kier alpha value is -0.970. The molecule has 4 heteroatoms. The van der Waals surface area contributed by atoms with Crippen molar-refractivity contribution in [2.45, 2.75) is 64.9 Å². The molecule has 1 heterocycles. The summed E-state index contributed by atoms with van der Waals surface area (Å²) in [6.45, 7) is 5.05. The molecule has 28 heavy (non-hydrogen) atoms. The number of nitrogens with one attached hydrogen (secondary N) is 1. The second kappa shape index (κ2) is 7.70. The SMILES string of the molecule is C[C@]12CCC(O)CC1=CC[C@@H]1[C@@H]2CC[C@]2(C)C(c3ccc[nH+]c3)=CC[C@@H]12.O.[Br-]. The van der Waals surface area contributed by atoms with Crippen LogP contribution in [-0.4, -0.2) is 16.7 Å². The molecule has 4 aliphatic rings. The van der Waals surface area contributed by atoms with Gasteiger partial charge in [0, 0.05) is 11.6 Å². The predicted octanol–water partition coefficient (Wildman–Crippen LogP) is 0.997. The van der Waals surface area contributed by atoms with Crippen LogP contribution in [0, 0.1) is 28.6 Å². The first-order valence-electron chi connectivity index (χ1n) is 10.6. The lowest BCUT2D eigenvalue weighted by Crippen LogP contribution is -3.00. The molecule has 2 fully saturated rings. The van der Waals surface area contributed by atoms with Crippen molar-refractivity contribution in [1.29, 1.82) is 0 Å². The molecular weight excluding hydrogens is 414 g/mol. The van der Waals surface area contributed by atoms with Gasteiger partial charge < -0.3 is 27.6 Å². The first kappa shape index (κ1) is 21.7. The van der Waals surface area contributed by atoms with Crippen LogP contribution in [-0.2, 0) is 0 Å². The number of rotatable bonds is 1. The Kier molecular flexibility index (Phi) is 5.97. The molecule has 0 radical (unpaired) electrons. The summed E-state index contributed by atoms with van der Waals surface area (Å²) in [5, 5.41) is 10.2. The van der Waals surface area contributed by atoms with E-state index < -0.39 is 0 Å². The first-order valence-corrected chi connectivity index (χ1v) is 10.6. The van der Waals surface area contributed by atoms with Gasteiger partial charge in [0.2, 0.25) is 0 Å². The Morgan fingerprint density at radius 2 is 1.82 bits per heavy atom. The molecule has 3 nitrogen and oxygen atoms in total. The van der Waals surface area contributed by atoms with Crippen LogP contribution in [0.25, 0.3) is 5.57 Å². The van der Waals surface area contributed by atoms with Gasteiger partial charge >= 0.3 is 0 Å². The topological polar surface area (TPSA) is 65.9 Å². The van der Waals surface area contributed by atoms with Crippen molar-refractivity contribution < 1.29 is 32.5 Å². The van der Waals surface area contributed by atoms with Crippen LogP contribution in [0.5, 0.6) is 0 Å². The van der Waals surface area contributed by atoms with Crippen molar-refractivity contribution >= 4 is 5.57 Å². The minimum absolute atomic E-state index is 0. The Morgan fingerprint density at radius 1 is 1.04 bits per heavy atom. The van der Waals surface area contributed by atoms with Crippen LogP contribution in [0.2, 0.25) is 0 Å². The van der Waals surface area contributed by atoms with Gasteiger partial charge in [-0.15, -0.1) is 0 Å². The van der Waals surface area contributed by atoms with Gasteiger partial charge in [-0.25, -0.2) is 4.98 Å². The highest BCUT2D eigenvalue weighted by Gasteiger charge is 2.56. The average Bonchev–Trinajstić information content (AvgIpc) is 3.00. The van der Waals surface area contributed by atoms with Gasteiger partial charge in [-0.05, 0) is 85.2 Å². The van der Waals surface area contributed by atoms with E-state index in [4.69, 9.17) is 0 Å². The summed E-state index contributed by atoms with van der Waals surface area (Å²) >= 11 is 0. The van der Waals surface area contributed by atoms with Crippen molar-refractivity contribution in [3.05, 3.63) is 47.8 Å². The minimum atomic E-state index is -0.103. The molecule has 0 aliphatic heterocycles. The third-order valence-corrected chi connectivity index (χ3v) is 8.68. The molecule has 0 bridgehead atoms. The Balaban J connectivity index is 0.00000112. The van der Waals surface area contributed by atoms with E-state index in [1.165, 1.54) is 37.7 Å². The van der Waals surface area contributed by atoms with Gasteiger partial charge in [-0.2, -0.15) is 0 Å². The van der Waals surface area contributed by atoms with Gasteiger partial charge in [0.25, 0.3) is 0 Å². The molecule has 6 atom stereocenters. The molecular formula is C24H34BrNO2. The lowest BCUT2D eigenvalue weighted by Gasteiger charge is -2.57. The number of pyridine rings is 1. The van der Waals surface area contributed by atoms with E-state index >= 15 is 0 Å². The van der Waals surface area contributed by atoms with Crippen LogP contribution in [0.1, 0.15) is 64.4 Å². The standard InChI is InChI=1S/C24H31NO.BrH.H2O/c1-23-11-9-18(26)14-17(23)5-6-19-21-8-7-20(16-4-3-13-25-15-16)24(21,2)12-10-22(19)23;;/h3-5,7,13,15,18-19,21-22,26H,6,8-12,14H2,1-2H3;1H;1H2/t18?,19-,21-,22-,23-,24+;;/m0../s1. The third kappa shape index (κ3) is 3.03. The normalized spacial score (nSPS) is 41.2. The third-order valence-electron chi connectivity index (χ3n) is 8.68. The molecule has 5 rings (SSSR count). The van der Waals surface area contributed by atoms with Gasteiger partial charge in [0.1, 0.15) is 0 Å². The van der Waals surface area contributed by atoms with E-state index in [1.54, 1.807) is 11.1 Å². The van der Waals surface area contributed by atoms with Gasteiger partial charge in [-0.1, -0.05) is 31.6 Å².